The van der Waals surface area contributed by atoms with Gasteiger partial charge in [-0.25, -0.2) is 0 Å². The Hall–Kier alpha value is -1.39. The maximum atomic E-state index is 12.5. The molecule has 0 aromatic carbocycles. The lowest BCUT2D eigenvalue weighted by molar-refractivity contribution is -0.123. The van der Waals surface area contributed by atoms with Crippen molar-refractivity contribution in [2.24, 2.45) is 0 Å². The van der Waals surface area contributed by atoms with Gasteiger partial charge in [0.15, 0.2) is 0 Å². The summed E-state index contributed by atoms with van der Waals surface area (Å²) in [5, 5.41) is 23.1. The van der Waals surface area contributed by atoms with Crippen molar-refractivity contribution >= 4 is 5.91 Å². The third-order valence-corrected chi connectivity index (χ3v) is 15.1. The number of aliphatic hydroxyl groups is 2. The molecule has 0 fully saturated rings. The van der Waals surface area contributed by atoms with E-state index in [9.17, 15) is 15.0 Å². The average molecular weight is 983 g/mol. The number of hydrogen-bond acceptors (Lipinski definition) is 3. The highest BCUT2D eigenvalue weighted by Gasteiger charge is 2.18. The molecule has 2 atom stereocenters. The van der Waals surface area contributed by atoms with Crippen molar-refractivity contribution in [2.75, 3.05) is 6.61 Å². The Kier molecular flexibility index (Phi) is 60.7. The average Bonchev–Trinajstić information content (AvgIpc) is 3.36. The zero-order valence-electron chi connectivity index (χ0n) is 47.8. The molecule has 0 saturated heterocycles. The molecule has 0 aliphatic carbocycles. The van der Waals surface area contributed by atoms with Crippen molar-refractivity contribution in [2.45, 2.75) is 373 Å². The zero-order valence-corrected chi connectivity index (χ0v) is 47.8. The van der Waals surface area contributed by atoms with Crippen molar-refractivity contribution in [3.8, 4) is 0 Å². The van der Waals surface area contributed by atoms with E-state index in [-0.39, 0.29) is 12.5 Å². The lowest BCUT2D eigenvalue weighted by Gasteiger charge is -2.19. The molecule has 1 amide bonds. The summed E-state index contributed by atoms with van der Waals surface area (Å²) in [6, 6.07) is -0.644. The number of amides is 1. The number of unbranched alkanes of at least 4 members (excludes halogenated alkanes) is 49. The molecule has 414 valence electrons. The van der Waals surface area contributed by atoms with Gasteiger partial charge < -0.3 is 15.5 Å². The van der Waals surface area contributed by atoms with Crippen LogP contribution in [0.2, 0.25) is 0 Å². The highest BCUT2D eigenvalue weighted by atomic mass is 16.3. The molecular formula is C66H127NO3. The Balaban J connectivity index is 3.39. The van der Waals surface area contributed by atoms with Crippen molar-refractivity contribution in [1.82, 2.24) is 5.32 Å². The maximum absolute atomic E-state index is 12.5. The summed E-state index contributed by atoms with van der Waals surface area (Å²) in [5.41, 5.74) is 0. The van der Waals surface area contributed by atoms with Crippen LogP contribution in [0, 0.1) is 0 Å². The second-order valence-electron chi connectivity index (χ2n) is 22.2. The molecule has 3 N–H and O–H groups in total. The number of nitrogens with one attached hydrogen (secondary N) is 1. The smallest absolute Gasteiger partial charge is 0.220 e. The van der Waals surface area contributed by atoms with Crippen LogP contribution in [0.5, 0.6) is 0 Å². The van der Waals surface area contributed by atoms with E-state index in [0.717, 1.165) is 38.5 Å². The van der Waals surface area contributed by atoms with E-state index in [1.165, 1.54) is 302 Å². The van der Waals surface area contributed by atoms with Crippen molar-refractivity contribution in [3.05, 3.63) is 36.5 Å². The van der Waals surface area contributed by atoms with Gasteiger partial charge >= 0.3 is 0 Å². The molecule has 4 nitrogen and oxygen atoms in total. The van der Waals surface area contributed by atoms with Gasteiger partial charge in [0.1, 0.15) is 0 Å². The van der Waals surface area contributed by atoms with Crippen molar-refractivity contribution < 1.29 is 15.0 Å². The van der Waals surface area contributed by atoms with Crippen LogP contribution >= 0.6 is 0 Å². The predicted octanol–water partition coefficient (Wildman–Crippen LogP) is 21.6. The standard InChI is InChI=1S/C66H127NO3/c1-3-5-7-9-11-13-15-17-19-21-23-24-25-26-27-28-29-30-31-32-33-34-35-36-37-38-39-40-41-42-43-44-46-48-50-52-54-56-58-60-62-66(70)67-64(63-68)65(69)61-59-57-55-53-51-49-47-45-22-20-18-16-14-12-10-8-6-4-2/h22,45,51,53,59,61,64-65,68-69H,3-21,23-44,46-50,52,54-58,60,62-63H2,1-2H3,(H,67,70)/b45-22+,53-51+,61-59+. The second-order valence-corrected chi connectivity index (χ2v) is 22.2. The van der Waals surface area contributed by atoms with Crippen LogP contribution in [0.3, 0.4) is 0 Å². The van der Waals surface area contributed by atoms with Crippen LogP contribution in [-0.4, -0.2) is 34.9 Å². The summed E-state index contributed by atoms with van der Waals surface area (Å²) in [6.45, 7) is 4.32. The van der Waals surface area contributed by atoms with Crippen LogP contribution < -0.4 is 5.32 Å². The largest absolute Gasteiger partial charge is 0.394 e. The maximum Gasteiger partial charge on any atom is 0.220 e. The summed E-state index contributed by atoms with van der Waals surface area (Å²) in [4.78, 5) is 12.5. The van der Waals surface area contributed by atoms with Crippen molar-refractivity contribution in [3.63, 3.8) is 0 Å². The third kappa shape index (κ3) is 57.5. The fourth-order valence-electron chi connectivity index (χ4n) is 10.2. The summed E-state index contributed by atoms with van der Waals surface area (Å²) >= 11 is 0. The van der Waals surface area contributed by atoms with Gasteiger partial charge in [-0.1, -0.05) is 346 Å². The number of hydrogen-bond donors (Lipinski definition) is 3. The predicted molar refractivity (Wildman–Crippen MR) is 313 cm³/mol. The van der Waals surface area contributed by atoms with E-state index < -0.39 is 12.1 Å². The van der Waals surface area contributed by atoms with Crippen LogP contribution in [0.25, 0.3) is 0 Å². The van der Waals surface area contributed by atoms with E-state index >= 15 is 0 Å². The molecule has 0 radical (unpaired) electrons. The lowest BCUT2D eigenvalue weighted by Crippen LogP contribution is -2.45. The highest BCUT2D eigenvalue weighted by molar-refractivity contribution is 5.76. The minimum atomic E-state index is -0.869. The molecular weight excluding hydrogens is 855 g/mol. The van der Waals surface area contributed by atoms with Crippen LogP contribution in [0.4, 0.5) is 0 Å². The summed E-state index contributed by atoms with van der Waals surface area (Å²) in [6.07, 6.45) is 85.1. The minimum Gasteiger partial charge on any atom is -0.394 e. The van der Waals surface area contributed by atoms with E-state index in [2.05, 4.69) is 43.5 Å². The van der Waals surface area contributed by atoms with Gasteiger partial charge in [0.2, 0.25) is 5.91 Å². The summed E-state index contributed by atoms with van der Waals surface area (Å²) in [7, 11) is 0. The van der Waals surface area contributed by atoms with Crippen LogP contribution in [0.15, 0.2) is 36.5 Å². The molecule has 2 unspecified atom stereocenters. The van der Waals surface area contributed by atoms with Gasteiger partial charge in [0.25, 0.3) is 0 Å². The minimum absolute atomic E-state index is 0.0713. The van der Waals surface area contributed by atoms with Gasteiger partial charge in [0.05, 0.1) is 18.8 Å². The molecule has 70 heavy (non-hydrogen) atoms. The topological polar surface area (TPSA) is 69.6 Å². The molecule has 0 aromatic rings. The first kappa shape index (κ1) is 68.6. The normalized spacial score (nSPS) is 12.9. The first-order chi connectivity index (χ1) is 34.7. The summed E-state index contributed by atoms with van der Waals surface area (Å²) in [5.74, 6) is -0.0713. The molecule has 0 heterocycles. The van der Waals surface area contributed by atoms with E-state index in [1.807, 2.05) is 6.08 Å². The zero-order chi connectivity index (χ0) is 50.6. The quantitative estimate of drug-likeness (QED) is 0.0420. The van der Waals surface area contributed by atoms with E-state index in [4.69, 9.17) is 0 Å². The van der Waals surface area contributed by atoms with Crippen LogP contribution in [0.1, 0.15) is 361 Å². The molecule has 0 aliphatic heterocycles. The third-order valence-electron chi connectivity index (χ3n) is 15.1. The Labute approximate surface area is 440 Å². The number of rotatable bonds is 60. The van der Waals surface area contributed by atoms with Crippen LogP contribution in [-0.2, 0) is 4.79 Å². The number of carbonyl (C=O) groups excluding carboxylic acids is 1. The summed E-state index contributed by atoms with van der Waals surface area (Å²) < 4.78 is 0. The fraction of sp³-hybridized carbons (Fsp3) is 0.894. The van der Waals surface area contributed by atoms with Gasteiger partial charge in [0, 0.05) is 6.42 Å². The SMILES string of the molecule is CCCCCCCCCC/C=C/CC/C=C/CC/C=C/C(O)C(CO)NC(=O)CCCCCCCCCCCCCCCCCCCCCCCCCCCCCCCCCCCCCCCCCC. The molecule has 0 bridgehead atoms. The molecule has 0 aromatic heterocycles. The van der Waals surface area contributed by atoms with Gasteiger partial charge in [-0.2, -0.15) is 0 Å². The van der Waals surface area contributed by atoms with E-state index in [0.29, 0.717) is 6.42 Å². The van der Waals surface area contributed by atoms with E-state index in [1.54, 1.807) is 6.08 Å². The molecule has 0 aliphatic rings. The number of aliphatic hydroxyl groups excluding tert-OH is 2. The first-order valence-corrected chi connectivity index (χ1v) is 32.2. The molecule has 0 spiro atoms. The highest BCUT2D eigenvalue weighted by Crippen LogP contribution is 2.19. The first-order valence-electron chi connectivity index (χ1n) is 32.2. The number of carbonyl (C=O) groups is 1. The number of allylic oxidation sites excluding steroid dienone is 5. The second kappa shape index (κ2) is 61.9. The lowest BCUT2D eigenvalue weighted by atomic mass is 10.0. The molecule has 0 saturated carbocycles. The van der Waals surface area contributed by atoms with Gasteiger partial charge in [-0.05, 0) is 44.9 Å². The molecule has 0 rings (SSSR count). The monoisotopic (exact) mass is 982 g/mol. The van der Waals surface area contributed by atoms with Gasteiger partial charge in [-0.15, -0.1) is 0 Å². The van der Waals surface area contributed by atoms with Gasteiger partial charge in [-0.3, -0.25) is 4.79 Å². The van der Waals surface area contributed by atoms with Crippen molar-refractivity contribution in [1.29, 1.82) is 0 Å². The Bertz CT molecular complexity index is 1070. The Morgan fingerprint density at radius 1 is 0.329 bits per heavy atom. The fourth-order valence-corrected chi connectivity index (χ4v) is 10.2. The Morgan fingerprint density at radius 2 is 0.557 bits per heavy atom. The Morgan fingerprint density at radius 3 is 0.829 bits per heavy atom. The molecule has 4 heteroatoms.